The molecule has 0 atom stereocenters. The predicted octanol–water partition coefficient (Wildman–Crippen LogP) is 2.28. The number of likely N-dealkylation sites (tertiary alicyclic amines) is 1. The van der Waals surface area contributed by atoms with Crippen LogP contribution in [-0.4, -0.2) is 45.0 Å². The van der Waals surface area contributed by atoms with Crippen molar-refractivity contribution in [1.82, 2.24) is 24.9 Å². The van der Waals surface area contributed by atoms with Gasteiger partial charge in [0.25, 0.3) is 0 Å². The van der Waals surface area contributed by atoms with Gasteiger partial charge in [0.1, 0.15) is 0 Å². The molecule has 5 nitrogen and oxygen atoms in total. The topological polar surface area (TPSA) is 49.7 Å². The lowest BCUT2D eigenvalue weighted by Crippen LogP contribution is -2.30. The average molecular weight is 271 g/mol. The summed E-state index contributed by atoms with van der Waals surface area (Å²) in [5, 5.41) is 12.1. The Morgan fingerprint density at radius 1 is 1.15 bits per heavy atom. The minimum atomic E-state index is 0.606. The molecule has 0 spiro atoms. The third-order valence-corrected chi connectivity index (χ3v) is 4.63. The van der Waals surface area contributed by atoms with Crippen LogP contribution in [0, 0.1) is 0 Å². The number of nitrogens with zero attached hydrogens (tertiary/aromatic N) is 4. The Morgan fingerprint density at radius 2 is 1.95 bits per heavy atom. The van der Waals surface area contributed by atoms with Crippen LogP contribution in [0.15, 0.2) is 18.3 Å². The number of hydrogen-bond acceptors (Lipinski definition) is 3. The quantitative estimate of drug-likeness (QED) is 0.931. The Labute approximate surface area is 119 Å². The maximum Gasteiger partial charge on any atom is 0.175 e. The van der Waals surface area contributed by atoms with E-state index in [2.05, 4.69) is 39.4 Å². The lowest BCUT2D eigenvalue weighted by molar-refractivity contribution is 0.252. The van der Waals surface area contributed by atoms with Gasteiger partial charge in [-0.3, -0.25) is 5.10 Å². The van der Waals surface area contributed by atoms with Gasteiger partial charge in [-0.05, 0) is 51.9 Å². The molecule has 1 saturated carbocycles. The van der Waals surface area contributed by atoms with Gasteiger partial charge in [0, 0.05) is 35.5 Å². The highest BCUT2D eigenvalue weighted by atomic mass is 15.4. The van der Waals surface area contributed by atoms with Crippen molar-refractivity contribution < 1.29 is 0 Å². The smallest absolute Gasteiger partial charge is 0.175 e. The van der Waals surface area contributed by atoms with Crippen LogP contribution in [-0.2, 0) is 0 Å². The highest BCUT2D eigenvalue weighted by Gasteiger charge is 2.27. The van der Waals surface area contributed by atoms with E-state index in [1.807, 2.05) is 10.9 Å². The summed E-state index contributed by atoms with van der Waals surface area (Å²) < 4.78 is 2.03. The van der Waals surface area contributed by atoms with Crippen LogP contribution in [0.5, 0.6) is 0 Å². The van der Waals surface area contributed by atoms with E-state index in [1.54, 1.807) is 0 Å². The molecule has 5 heteroatoms. The molecule has 0 unspecified atom stereocenters. The maximum atomic E-state index is 4.49. The summed E-state index contributed by atoms with van der Waals surface area (Å²) in [6.07, 6.45) is 6.91. The fourth-order valence-electron chi connectivity index (χ4n) is 3.16. The van der Waals surface area contributed by atoms with Gasteiger partial charge >= 0.3 is 0 Å². The standard InChI is InChI=1S/C15H21N5/c1-19-8-5-12(6-9-19)14-4-7-16-20(14)15-10-13(17-18-15)11-2-3-11/h4,7,10-12H,2-3,5-6,8-9H2,1H3,(H,17,18). The second-order valence-corrected chi connectivity index (χ2v) is 6.20. The number of aromatic amines is 1. The number of aromatic nitrogens is 4. The zero-order valence-electron chi connectivity index (χ0n) is 11.9. The Kier molecular flexibility index (Phi) is 2.88. The van der Waals surface area contributed by atoms with Gasteiger partial charge in [-0.25, -0.2) is 4.68 Å². The molecule has 2 aliphatic rings. The molecule has 0 amide bonds. The van der Waals surface area contributed by atoms with Crippen molar-refractivity contribution in [3.05, 3.63) is 29.7 Å². The highest BCUT2D eigenvalue weighted by Crippen LogP contribution is 2.39. The Morgan fingerprint density at radius 3 is 2.70 bits per heavy atom. The van der Waals surface area contributed by atoms with Crippen LogP contribution in [0.1, 0.15) is 48.9 Å². The number of piperidine rings is 1. The maximum absolute atomic E-state index is 4.49. The molecular weight excluding hydrogens is 250 g/mol. The first-order chi connectivity index (χ1) is 9.81. The Hall–Kier alpha value is -1.62. The largest absolute Gasteiger partial charge is 0.306 e. The van der Waals surface area contributed by atoms with Crippen LogP contribution in [0.3, 0.4) is 0 Å². The number of hydrogen-bond donors (Lipinski definition) is 1. The molecule has 0 aromatic carbocycles. The van der Waals surface area contributed by atoms with Crippen molar-refractivity contribution in [1.29, 1.82) is 0 Å². The first-order valence-corrected chi connectivity index (χ1v) is 7.59. The van der Waals surface area contributed by atoms with E-state index in [1.165, 1.54) is 50.2 Å². The van der Waals surface area contributed by atoms with E-state index in [4.69, 9.17) is 0 Å². The molecule has 0 radical (unpaired) electrons. The summed E-state index contributed by atoms with van der Waals surface area (Å²) in [5.41, 5.74) is 2.58. The van der Waals surface area contributed by atoms with Gasteiger partial charge in [0.05, 0.1) is 0 Å². The lowest BCUT2D eigenvalue weighted by atomic mass is 9.94. The third-order valence-electron chi connectivity index (χ3n) is 4.63. The molecule has 2 aromatic rings. The van der Waals surface area contributed by atoms with Gasteiger partial charge in [0.15, 0.2) is 5.82 Å². The minimum absolute atomic E-state index is 0.606. The van der Waals surface area contributed by atoms with E-state index < -0.39 is 0 Å². The van der Waals surface area contributed by atoms with Crippen LogP contribution in [0.4, 0.5) is 0 Å². The molecular formula is C15H21N5. The first-order valence-electron chi connectivity index (χ1n) is 7.59. The van der Waals surface area contributed by atoms with Crippen molar-refractivity contribution >= 4 is 0 Å². The van der Waals surface area contributed by atoms with Gasteiger partial charge in [-0.15, -0.1) is 0 Å². The van der Waals surface area contributed by atoms with Crippen molar-refractivity contribution in [2.24, 2.45) is 0 Å². The van der Waals surface area contributed by atoms with Gasteiger partial charge in [0.2, 0.25) is 0 Å². The average Bonchev–Trinajstić information content (AvgIpc) is 3.01. The van der Waals surface area contributed by atoms with E-state index in [0.29, 0.717) is 11.8 Å². The van der Waals surface area contributed by atoms with Crippen LogP contribution in [0.25, 0.3) is 5.82 Å². The molecule has 106 valence electrons. The van der Waals surface area contributed by atoms with Crippen LogP contribution in [0.2, 0.25) is 0 Å². The molecule has 2 fully saturated rings. The van der Waals surface area contributed by atoms with Crippen molar-refractivity contribution in [2.45, 2.75) is 37.5 Å². The monoisotopic (exact) mass is 271 g/mol. The van der Waals surface area contributed by atoms with Crippen LogP contribution < -0.4 is 0 Å². The normalized spacial score (nSPS) is 21.4. The summed E-state index contributed by atoms with van der Waals surface area (Å²) >= 11 is 0. The second-order valence-electron chi connectivity index (χ2n) is 6.20. The fraction of sp³-hybridized carbons (Fsp3) is 0.600. The molecule has 0 bridgehead atoms. The zero-order chi connectivity index (χ0) is 13.5. The summed E-state index contributed by atoms with van der Waals surface area (Å²) in [6, 6.07) is 4.32. The highest BCUT2D eigenvalue weighted by molar-refractivity contribution is 5.30. The van der Waals surface area contributed by atoms with E-state index >= 15 is 0 Å². The second kappa shape index (κ2) is 4.74. The summed E-state index contributed by atoms with van der Waals surface area (Å²) in [4.78, 5) is 2.40. The van der Waals surface area contributed by atoms with Gasteiger partial charge in [-0.1, -0.05) is 0 Å². The summed E-state index contributed by atoms with van der Waals surface area (Å²) in [7, 11) is 2.20. The number of nitrogens with one attached hydrogen (secondary N) is 1. The molecule has 1 aliphatic carbocycles. The van der Waals surface area contributed by atoms with Crippen molar-refractivity contribution in [3.8, 4) is 5.82 Å². The fourth-order valence-corrected chi connectivity index (χ4v) is 3.16. The molecule has 1 N–H and O–H groups in total. The SMILES string of the molecule is CN1CCC(c2ccnn2-c2cc(C3CC3)[nH]n2)CC1. The minimum Gasteiger partial charge on any atom is -0.306 e. The van der Waals surface area contributed by atoms with Crippen LogP contribution >= 0.6 is 0 Å². The molecule has 4 rings (SSSR count). The summed E-state index contributed by atoms with van der Waals surface area (Å²) in [5.74, 6) is 2.26. The zero-order valence-corrected chi connectivity index (χ0v) is 11.9. The first kappa shape index (κ1) is 12.1. The third kappa shape index (κ3) is 2.16. The Bertz CT molecular complexity index is 587. The van der Waals surface area contributed by atoms with E-state index in [-0.39, 0.29) is 0 Å². The van der Waals surface area contributed by atoms with E-state index in [0.717, 1.165) is 5.82 Å². The van der Waals surface area contributed by atoms with Gasteiger partial charge < -0.3 is 4.90 Å². The molecule has 1 saturated heterocycles. The number of rotatable bonds is 3. The molecule has 20 heavy (non-hydrogen) atoms. The van der Waals surface area contributed by atoms with Crippen molar-refractivity contribution in [2.75, 3.05) is 20.1 Å². The predicted molar refractivity (Wildman–Crippen MR) is 77.2 cm³/mol. The summed E-state index contributed by atoms with van der Waals surface area (Å²) in [6.45, 7) is 2.34. The Balaban J connectivity index is 1.60. The van der Waals surface area contributed by atoms with E-state index in [9.17, 15) is 0 Å². The number of H-pyrrole nitrogens is 1. The molecule has 1 aliphatic heterocycles. The molecule has 2 aromatic heterocycles. The lowest BCUT2D eigenvalue weighted by Gasteiger charge is -2.28. The molecule has 3 heterocycles. The van der Waals surface area contributed by atoms with Gasteiger partial charge in [-0.2, -0.15) is 10.2 Å². The van der Waals surface area contributed by atoms with Crippen molar-refractivity contribution in [3.63, 3.8) is 0 Å².